The molecular weight excluding hydrogens is 318 g/mol. The Morgan fingerprint density at radius 2 is 1.88 bits per heavy atom. The number of amides is 1. The quantitative estimate of drug-likeness (QED) is 0.726. The van der Waals surface area contributed by atoms with Gasteiger partial charge in [-0.1, -0.05) is 6.07 Å². The molecular formula is C19H17N3O3. The lowest BCUT2D eigenvalue weighted by Crippen LogP contribution is -2.13. The van der Waals surface area contributed by atoms with E-state index >= 15 is 0 Å². The SMILES string of the molecule is CCOC(=O)c1cccc(NC(=O)c2ccc(-n3cccn3)cc2)c1. The molecule has 3 rings (SSSR count). The fraction of sp³-hybridized carbons (Fsp3) is 0.105. The van der Waals surface area contributed by atoms with Gasteiger partial charge in [0, 0.05) is 23.6 Å². The number of nitrogens with zero attached hydrogens (tertiary/aromatic N) is 2. The molecule has 0 saturated heterocycles. The minimum atomic E-state index is -0.415. The molecule has 0 aliphatic carbocycles. The second-order valence-corrected chi connectivity index (χ2v) is 5.25. The van der Waals surface area contributed by atoms with E-state index in [4.69, 9.17) is 4.74 Å². The lowest BCUT2D eigenvalue weighted by atomic mass is 10.1. The van der Waals surface area contributed by atoms with Crippen molar-refractivity contribution < 1.29 is 14.3 Å². The first-order valence-electron chi connectivity index (χ1n) is 7.86. The van der Waals surface area contributed by atoms with Crippen LogP contribution in [0.2, 0.25) is 0 Å². The highest BCUT2D eigenvalue weighted by Crippen LogP contribution is 2.14. The first-order chi connectivity index (χ1) is 12.2. The normalized spacial score (nSPS) is 10.3. The van der Waals surface area contributed by atoms with Crippen LogP contribution in [0, 0.1) is 0 Å². The van der Waals surface area contributed by atoms with Crippen molar-refractivity contribution in [2.24, 2.45) is 0 Å². The van der Waals surface area contributed by atoms with Crippen LogP contribution in [0.5, 0.6) is 0 Å². The fourth-order valence-electron chi connectivity index (χ4n) is 2.33. The largest absolute Gasteiger partial charge is 0.462 e. The molecule has 3 aromatic rings. The third-order valence-electron chi connectivity index (χ3n) is 3.53. The third kappa shape index (κ3) is 3.92. The zero-order chi connectivity index (χ0) is 17.6. The summed E-state index contributed by atoms with van der Waals surface area (Å²) in [7, 11) is 0. The molecule has 0 atom stereocenters. The van der Waals surface area contributed by atoms with Gasteiger partial charge in [-0.15, -0.1) is 0 Å². The Labute approximate surface area is 145 Å². The van der Waals surface area contributed by atoms with E-state index in [0.29, 0.717) is 23.4 Å². The first kappa shape index (κ1) is 16.4. The fourth-order valence-corrected chi connectivity index (χ4v) is 2.33. The van der Waals surface area contributed by atoms with Crippen LogP contribution < -0.4 is 5.32 Å². The van der Waals surface area contributed by atoms with Gasteiger partial charge in [-0.3, -0.25) is 4.79 Å². The lowest BCUT2D eigenvalue weighted by molar-refractivity contribution is 0.0526. The molecule has 25 heavy (non-hydrogen) atoms. The molecule has 1 heterocycles. The summed E-state index contributed by atoms with van der Waals surface area (Å²) in [5, 5.41) is 6.92. The third-order valence-corrected chi connectivity index (χ3v) is 3.53. The lowest BCUT2D eigenvalue weighted by Gasteiger charge is -2.08. The Bertz CT molecular complexity index is 871. The molecule has 0 unspecified atom stereocenters. The van der Waals surface area contributed by atoms with Crippen LogP contribution in [0.3, 0.4) is 0 Å². The van der Waals surface area contributed by atoms with Gasteiger partial charge < -0.3 is 10.1 Å². The van der Waals surface area contributed by atoms with Crippen LogP contribution in [0.1, 0.15) is 27.6 Å². The van der Waals surface area contributed by atoms with E-state index in [1.165, 1.54) is 0 Å². The van der Waals surface area contributed by atoms with Gasteiger partial charge in [-0.25, -0.2) is 9.48 Å². The Hall–Kier alpha value is -3.41. The molecule has 126 valence electrons. The molecule has 0 bridgehead atoms. The zero-order valence-corrected chi connectivity index (χ0v) is 13.7. The topological polar surface area (TPSA) is 73.2 Å². The smallest absolute Gasteiger partial charge is 0.338 e. The minimum Gasteiger partial charge on any atom is -0.462 e. The Morgan fingerprint density at radius 3 is 2.56 bits per heavy atom. The number of carbonyl (C=O) groups is 2. The van der Waals surface area contributed by atoms with Gasteiger partial charge in [0.15, 0.2) is 0 Å². The molecule has 0 aliphatic heterocycles. The number of rotatable bonds is 5. The first-order valence-corrected chi connectivity index (χ1v) is 7.86. The van der Waals surface area contributed by atoms with Crippen LogP contribution in [0.4, 0.5) is 5.69 Å². The second kappa shape index (κ2) is 7.44. The predicted molar refractivity (Wildman–Crippen MR) is 93.9 cm³/mol. The molecule has 0 aliphatic rings. The highest BCUT2D eigenvalue weighted by atomic mass is 16.5. The Kier molecular flexibility index (Phi) is 4.89. The van der Waals surface area contributed by atoms with Crippen molar-refractivity contribution in [3.8, 4) is 5.69 Å². The van der Waals surface area contributed by atoms with Gasteiger partial charge in [-0.2, -0.15) is 5.10 Å². The summed E-state index contributed by atoms with van der Waals surface area (Å²) < 4.78 is 6.67. The molecule has 0 fully saturated rings. The van der Waals surface area contributed by atoms with Crippen molar-refractivity contribution in [3.63, 3.8) is 0 Å². The number of aromatic nitrogens is 2. The summed E-state index contributed by atoms with van der Waals surface area (Å²) in [6.45, 7) is 2.05. The summed E-state index contributed by atoms with van der Waals surface area (Å²) >= 11 is 0. The number of ether oxygens (including phenoxy) is 1. The Balaban J connectivity index is 1.72. The number of benzene rings is 2. The van der Waals surface area contributed by atoms with Crippen LogP contribution in [0.25, 0.3) is 5.69 Å². The number of carbonyl (C=O) groups excluding carboxylic acids is 2. The molecule has 0 radical (unpaired) electrons. The molecule has 1 aromatic heterocycles. The molecule has 1 N–H and O–H groups in total. The monoisotopic (exact) mass is 335 g/mol. The average Bonchev–Trinajstić information content (AvgIpc) is 3.17. The second-order valence-electron chi connectivity index (χ2n) is 5.25. The van der Waals surface area contributed by atoms with Gasteiger partial charge in [0.25, 0.3) is 5.91 Å². The zero-order valence-electron chi connectivity index (χ0n) is 13.7. The van der Waals surface area contributed by atoms with E-state index in [2.05, 4.69) is 10.4 Å². The number of nitrogens with one attached hydrogen (secondary N) is 1. The number of hydrogen-bond acceptors (Lipinski definition) is 4. The average molecular weight is 335 g/mol. The number of anilines is 1. The highest BCUT2D eigenvalue weighted by molar-refractivity contribution is 6.05. The molecule has 0 spiro atoms. The van der Waals surface area contributed by atoms with E-state index in [0.717, 1.165) is 5.69 Å². The van der Waals surface area contributed by atoms with Gasteiger partial charge >= 0.3 is 5.97 Å². The van der Waals surface area contributed by atoms with Gasteiger partial charge in [0.2, 0.25) is 0 Å². The number of esters is 1. The van der Waals surface area contributed by atoms with Crippen molar-refractivity contribution >= 4 is 17.6 Å². The molecule has 0 saturated carbocycles. The summed E-state index contributed by atoms with van der Waals surface area (Å²) in [4.78, 5) is 24.1. The summed E-state index contributed by atoms with van der Waals surface area (Å²) in [6.07, 6.45) is 3.52. The van der Waals surface area contributed by atoms with Gasteiger partial charge in [-0.05, 0) is 55.5 Å². The maximum atomic E-state index is 12.4. The number of hydrogen-bond donors (Lipinski definition) is 1. The summed E-state index contributed by atoms with van der Waals surface area (Å²) in [5.74, 6) is -0.671. The molecule has 2 aromatic carbocycles. The van der Waals surface area contributed by atoms with Crippen LogP contribution in [-0.2, 0) is 4.74 Å². The maximum Gasteiger partial charge on any atom is 0.338 e. The van der Waals surface area contributed by atoms with Crippen LogP contribution in [-0.4, -0.2) is 28.3 Å². The van der Waals surface area contributed by atoms with E-state index in [1.807, 2.05) is 24.4 Å². The highest BCUT2D eigenvalue weighted by Gasteiger charge is 2.10. The van der Waals surface area contributed by atoms with Gasteiger partial charge in [0.1, 0.15) is 0 Å². The van der Waals surface area contributed by atoms with Crippen molar-refractivity contribution in [2.45, 2.75) is 6.92 Å². The standard InChI is InChI=1S/C19H17N3O3/c1-2-25-19(24)15-5-3-6-16(13-15)21-18(23)14-7-9-17(10-8-14)22-12-4-11-20-22/h3-13H,2H2,1H3,(H,21,23). The van der Waals surface area contributed by atoms with Crippen molar-refractivity contribution in [3.05, 3.63) is 78.1 Å². The maximum absolute atomic E-state index is 12.4. The summed E-state index contributed by atoms with van der Waals surface area (Å²) in [6, 6.07) is 15.6. The van der Waals surface area contributed by atoms with Crippen molar-refractivity contribution in [1.82, 2.24) is 9.78 Å². The predicted octanol–water partition coefficient (Wildman–Crippen LogP) is 3.30. The van der Waals surface area contributed by atoms with Crippen LogP contribution >= 0.6 is 0 Å². The van der Waals surface area contributed by atoms with Gasteiger partial charge in [0.05, 0.1) is 17.9 Å². The van der Waals surface area contributed by atoms with E-state index in [-0.39, 0.29) is 5.91 Å². The van der Waals surface area contributed by atoms with Crippen molar-refractivity contribution in [1.29, 1.82) is 0 Å². The molecule has 6 heteroatoms. The van der Waals surface area contributed by atoms with E-state index < -0.39 is 5.97 Å². The van der Waals surface area contributed by atoms with Crippen LogP contribution in [0.15, 0.2) is 67.0 Å². The minimum absolute atomic E-state index is 0.256. The van der Waals surface area contributed by atoms with Crippen molar-refractivity contribution in [2.75, 3.05) is 11.9 Å². The molecule has 6 nitrogen and oxygen atoms in total. The Morgan fingerprint density at radius 1 is 1.08 bits per heavy atom. The van der Waals surface area contributed by atoms with E-state index in [9.17, 15) is 9.59 Å². The molecule has 1 amide bonds. The summed E-state index contributed by atoms with van der Waals surface area (Å²) in [5.41, 5.74) is 2.31. The van der Waals surface area contributed by atoms with E-state index in [1.54, 1.807) is 54.2 Å².